The van der Waals surface area contributed by atoms with Crippen molar-refractivity contribution in [3.8, 4) is 5.88 Å². The summed E-state index contributed by atoms with van der Waals surface area (Å²) in [6, 6.07) is 14.1. The molecule has 3 rings (SSSR count). The smallest absolute Gasteiger partial charge is 0.222 e. The minimum absolute atomic E-state index is 0.132. The lowest BCUT2D eigenvalue weighted by Gasteiger charge is -2.28. The first-order valence-corrected chi connectivity index (χ1v) is 8.87. The largest absolute Gasteiger partial charge is 0.478 e. The molecule has 0 spiro atoms. The van der Waals surface area contributed by atoms with Crippen LogP contribution in [0.2, 0.25) is 0 Å². The topological polar surface area (TPSA) is 54.5 Å². The number of ether oxygens (including phenoxy) is 1. The van der Waals surface area contributed by atoms with E-state index in [1.807, 2.05) is 12.1 Å². The van der Waals surface area contributed by atoms with Gasteiger partial charge in [0.1, 0.15) is 5.82 Å². The predicted molar refractivity (Wildman–Crippen MR) is 98.7 cm³/mol. The highest BCUT2D eigenvalue weighted by Gasteiger charge is 2.14. The van der Waals surface area contributed by atoms with Crippen molar-refractivity contribution in [2.75, 3.05) is 25.0 Å². The van der Waals surface area contributed by atoms with Crippen LogP contribution in [0.15, 0.2) is 42.5 Å². The quantitative estimate of drug-likeness (QED) is 0.787. The zero-order valence-corrected chi connectivity index (χ0v) is 14.7. The number of benzene rings is 1. The average Bonchev–Trinajstić information content (AvgIpc) is 2.61. The van der Waals surface area contributed by atoms with Crippen molar-refractivity contribution in [1.29, 1.82) is 0 Å². The van der Waals surface area contributed by atoms with Crippen LogP contribution in [0.1, 0.15) is 30.9 Å². The SMILES string of the molecule is CC(=O)Nc1cccc(OCCCCN2CCc3ccccc3C2)n1. The summed E-state index contributed by atoms with van der Waals surface area (Å²) in [6.45, 7) is 5.39. The molecule has 0 fully saturated rings. The third-order valence-electron chi connectivity index (χ3n) is 4.36. The van der Waals surface area contributed by atoms with Crippen molar-refractivity contribution in [2.24, 2.45) is 0 Å². The van der Waals surface area contributed by atoms with Gasteiger partial charge in [0, 0.05) is 26.1 Å². The van der Waals surface area contributed by atoms with Gasteiger partial charge in [-0.25, -0.2) is 0 Å². The number of nitrogens with one attached hydrogen (secondary N) is 1. The summed E-state index contributed by atoms with van der Waals surface area (Å²) in [5.74, 6) is 0.947. The Bertz CT molecular complexity index is 718. The maximum atomic E-state index is 11.1. The average molecular weight is 339 g/mol. The molecule has 1 amide bonds. The number of aromatic nitrogens is 1. The molecular formula is C20H25N3O2. The molecule has 1 aromatic carbocycles. The fraction of sp³-hybridized carbons (Fsp3) is 0.400. The Balaban J connectivity index is 1.36. The number of fused-ring (bicyclic) bond motifs is 1. The van der Waals surface area contributed by atoms with Gasteiger partial charge in [-0.05, 0) is 43.0 Å². The molecule has 1 aliphatic rings. The number of rotatable bonds is 7. The summed E-state index contributed by atoms with van der Waals surface area (Å²) < 4.78 is 5.69. The summed E-state index contributed by atoms with van der Waals surface area (Å²) in [4.78, 5) is 17.8. The summed E-state index contributed by atoms with van der Waals surface area (Å²) in [7, 11) is 0. The van der Waals surface area contributed by atoms with Gasteiger partial charge in [0.2, 0.25) is 11.8 Å². The molecule has 1 aliphatic heterocycles. The van der Waals surface area contributed by atoms with Crippen LogP contribution in [0, 0.1) is 0 Å². The molecule has 0 saturated carbocycles. The Hall–Kier alpha value is -2.40. The van der Waals surface area contributed by atoms with Crippen LogP contribution >= 0.6 is 0 Å². The van der Waals surface area contributed by atoms with E-state index in [0.29, 0.717) is 18.3 Å². The monoisotopic (exact) mass is 339 g/mol. The minimum Gasteiger partial charge on any atom is -0.478 e. The Labute approximate surface area is 149 Å². The van der Waals surface area contributed by atoms with Gasteiger partial charge in [-0.3, -0.25) is 9.69 Å². The molecule has 0 aliphatic carbocycles. The number of pyridine rings is 1. The van der Waals surface area contributed by atoms with Crippen molar-refractivity contribution in [3.05, 3.63) is 53.6 Å². The van der Waals surface area contributed by atoms with Crippen LogP contribution in [-0.4, -0.2) is 35.5 Å². The second-order valence-corrected chi connectivity index (χ2v) is 6.39. The van der Waals surface area contributed by atoms with Gasteiger partial charge >= 0.3 is 0 Å². The molecule has 0 radical (unpaired) electrons. The lowest BCUT2D eigenvalue weighted by atomic mass is 10.00. The highest BCUT2D eigenvalue weighted by atomic mass is 16.5. The van der Waals surface area contributed by atoms with Gasteiger partial charge in [0.05, 0.1) is 6.61 Å². The number of amides is 1. The van der Waals surface area contributed by atoms with Gasteiger partial charge in [-0.15, -0.1) is 0 Å². The summed E-state index contributed by atoms with van der Waals surface area (Å²) in [6.07, 6.45) is 3.24. The predicted octanol–water partition coefficient (Wildman–Crippen LogP) is 3.26. The Morgan fingerprint density at radius 1 is 1.16 bits per heavy atom. The van der Waals surface area contributed by atoms with E-state index in [1.165, 1.54) is 18.1 Å². The molecule has 1 aromatic heterocycles. The lowest BCUT2D eigenvalue weighted by Crippen LogP contribution is -2.31. The van der Waals surface area contributed by atoms with Gasteiger partial charge in [-0.2, -0.15) is 4.98 Å². The fourth-order valence-electron chi connectivity index (χ4n) is 3.10. The number of unbranched alkanes of at least 4 members (excludes halogenated alkanes) is 1. The maximum Gasteiger partial charge on any atom is 0.222 e. The molecule has 0 saturated heterocycles. The first-order valence-electron chi connectivity index (χ1n) is 8.87. The molecule has 132 valence electrons. The van der Waals surface area contributed by atoms with Crippen molar-refractivity contribution in [2.45, 2.75) is 32.7 Å². The molecule has 0 bridgehead atoms. The molecule has 0 unspecified atom stereocenters. The second kappa shape index (κ2) is 8.62. The molecular weight excluding hydrogens is 314 g/mol. The third kappa shape index (κ3) is 5.29. The molecule has 5 nitrogen and oxygen atoms in total. The number of carbonyl (C=O) groups excluding carboxylic acids is 1. The van der Waals surface area contributed by atoms with Crippen LogP contribution in [0.4, 0.5) is 5.82 Å². The number of hydrogen-bond acceptors (Lipinski definition) is 4. The lowest BCUT2D eigenvalue weighted by molar-refractivity contribution is -0.114. The standard InChI is InChI=1S/C20H25N3O2/c1-16(24)21-19-9-6-10-20(22-19)25-14-5-4-12-23-13-11-17-7-2-3-8-18(17)15-23/h2-3,6-10H,4-5,11-15H2,1H3,(H,21,22,24). The van der Waals surface area contributed by atoms with E-state index in [9.17, 15) is 4.79 Å². The molecule has 5 heteroatoms. The highest BCUT2D eigenvalue weighted by molar-refractivity contribution is 5.87. The first kappa shape index (κ1) is 17.4. The zero-order valence-electron chi connectivity index (χ0n) is 14.7. The second-order valence-electron chi connectivity index (χ2n) is 6.39. The fourth-order valence-corrected chi connectivity index (χ4v) is 3.10. The van der Waals surface area contributed by atoms with Crippen LogP contribution in [0.25, 0.3) is 0 Å². The molecule has 2 heterocycles. The van der Waals surface area contributed by atoms with Gasteiger partial charge in [0.15, 0.2) is 0 Å². The maximum absolute atomic E-state index is 11.1. The van der Waals surface area contributed by atoms with E-state index >= 15 is 0 Å². The Kier molecular flexibility index (Phi) is 6.01. The molecule has 1 N–H and O–H groups in total. The molecule has 2 aromatic rings. The Morgan fingerprint density at radius 3 is 2.84 bits per heavy atom. The minimum atomic E-state index is -0.132. The van der Waals surface area contributed by atoms with E-state index in [-0.39, 0.29) is 5.91 Å². The summed E-state index contributed by atoms with van der Waals surface area (Å²) in [5.41, 5.74) is 2.95. The van der Waals surface area contributed by atoms with Crippen molar-refractivity contribution in [3.63, 3.8) is 0 Å². The summed E-state index contributed by atoms with van der Waals surface area (Å²) >= 11 is 0. The zero-order chi connectivity index (χ0) is 17.5. The number of carbonyl (C=O) groups is 1. The van der Waals surface area contributed by atoms with E-state index in [2.05, 4.69) is 39.5 Å². The number of anilines is 1. The first-order chi connectivity index (χ1) is 12.2. The van der Waals surface area contributed by atoms with Crippen LogP contribution in [-0.2, 0) is 17.8 Å². The third-order valence-corrected chi connectivity index (χ3v) is 4.36. The van der Waals surface area contributed by atoms with Gasteiger partial charge in [-0.1, -0.05) is 30.3 Å². The van der Waals surface area contributed by atoms with E-state index in [0.717, 1.165) is 38.9 Å². The molecule has 25 heavy (non-hydrogen) atoms. The van der Waals surface area contributed by atoms with Crippen LogP contribution in [0.3, 0.4) is 0 Å². The van der Waals surface area contributed by atoms with Crippen molar-refractivity contribution in [1.82, 2.24) is 9.88 Å². The van der Waals surface area contributed by atoms with E-state index in [1.54, 1.807) is 6.07 Å². The number of hydrogen-bond donors (Lipinski definition) is 1. The van der Waals surface area contributed by atoms with Crippen LogP contribution in [0.5, 0.6) is 5.88 Å². The van der Waals surface area contributed by atoms with Crippen molar-refractivity contribution < 1.29 is 9.53 Å². The summed E-state index contributed by atoms with van der Waals surface area (Å²) in [5, 5.41) is 2.66. The number of nitrogens with zero attached hydrogens (tertiary/aromatic N) is 2. The van der Waals surface area contributed by atoms with Gasteiger partial charge < -0.3 is 10.1 Å². The van der Waals surface area contributed by atoms with Crippen molar-refractivity contribution >= 4 is 11.7 Å². The highest BCUT2D eigenvalue weighted by Crippen LogP contribution is 2.18. The van der Waals surface area contributed by atoms with Crippen LogP contribution < -0.4 is 10.1 Å². The normalized spacial score (nSPS) is 14.0. The van der Waals surface area contributed by atoms with Gasteiger partial charge in [0.25, 0.3) is 0 Å². The molecule has 0 atom stereocenters. The Morgan fingerprint density at radius 2 is 2.00 bits per heavy atom. The van der Waals surface area contributed by atoms with E-state index < -0.39 is 0 Å². The van der Waals surface area contributed by atoms with E-state index in [4.69, 9.17) is 4.74 Å².